The van der Waals surface area contributed by atoms with Crippen molar-refractivity contribution in [2.45, 2.75) is 19.6 Å². The topological polar surface area (TPSA) is 80.8 Å². The van der Waals surface area contributed by atoms with Crippen LogP contribution in [-0.2, 0) is 17.5 Å². The van der Waals surface area contributed by atoms with E-state index in [1.54, 1.807) is 18.4 Å². The van der Waals surface area contributed by atoms with Gasteiger partial charge in [0.1, 0.15) is 5.01 Å². The van der Waals surface area contributed by atoms with Crippen LogP contribution in [0.25, 0.3) is 11.3 Å². The van der Waals surface area contributed by atoms with E-state index in [4.69, 9.17) is 10.00 Å². The van der Waals surface area contributed by atoms with Gasteiger partial charge in [0, 0.05) is 17.1 Å². The summed E-state index contributed by atoms with van der Waals surface area (Å²) in [6, 6.07) is 4.87. The Balaban J connectivity index is 1.83. The molecule has 0 aliphatic heterocycles. The molecule has 0 spiro atoms. The molecule has 1 aromatic carbocycles. The van der Waals surface area contributed by atoms with E-state index in [1.807, 2.05) is 0 Å². The molecule has 10 heteroatoms. The first kappa shape index (κ1) is 19.6. The largest absolute Gasteiger partial charge is 0.462 e. The van der Waals surface area contributed by atoms with Crippen LogP contribution in [0.2, 0.25) is 0 Å². The molecule has 0 N–H and O–H groups in total. The van der Waals surface area contributed by atoms with Gasteiger partial charge in [-0.3, -0.25) is 4.68 Å². The van der Waals surface area contributed by atoms with E-state index in [-0.39, 0.29) is 24.3 Å². The maximum absolute atomic E-state index is 13.0. The van der Waals surface area contributed by atoms with Crippen molar-refractivity contribution in [1.82, 2.24) is 14.8 Å². The molecule has 0 fully saturated rings. The fraction of sp³-hybridized carbons (Fsp3) is 0.222. The normalized spacial score (nSPS) is 11.2. The van der Waals surface area contributed by atoms with E-state index in [1.165, 1.54) is 34.5 Å². The summed E-state index contributed by atoms with van der Waals surface area (Å²) in [6.07, 6.45) is -1.67. The second kappa shape index (κ2) is 7.82. The minimum absolute atomic E-state index is 0.0921. The zero-order valence-corrected chi connectivity index (χ0v) is 15.3. The number of hydrogen-bond acceptors (Lipinski definition) is 6. The molecule has 2 heterocycles. The minimum atomic E-state index is -4.56. The first-order valence-electron chi connectivity index (χ1n) is 8.07. The summed E-state index contributed by atoms with van der Waals surface area (Å²) >= 11 is 1.24. The molecule has 0 bridgehead atoms. The third-order valence-electron chi connectivity index (χ3n) is 3.68. The van der Waals surface area contributed by atoms with Crippen molar-refractivity contribution in [3.8, 4) is 17.3 Å². The number of alkyl halides is 3. The number of hydrogen-bond donors (Lipinski definition) is 0. The van der Waals surface area contributed by atoms with Gasteiger partial charge in [0.15, 0.2) is 0 Å². The van der Waals surface area contributed by atoms with Gasteiger partial charge >= 0.3 is 12.1 Å². The van der Waals surface area contributed by atoms with E-state index >= 15 is 0 Å². The lowest BCUT2D eigenvalue weighted by Gasteiger charge is -2.08. The summed E-state index contributed by atoms with van der Waals surface area (Å²) < 4.78 is 45.5. The number of rotatable bonds is 5. The number of nitriles is 1. The molecule has 0 aliphatic rings. The van der Waals surface area contributed by atoms with Crippen LogP contribution in [0.4, 0.5) is 13.2 Å². The van der Waals surface area contributed by atoms with Crippen LogP contribution in [-0.4, -0.2) is 27.3 Å². The lowest BCUT2D eigenvalue weighted by Crippen LogP contribution is -2.05. The lowest BCUT2D eigenvalue weighted by atomic mass is 10.0. The summed E-state index contributed by atoms with van der Waals surface area (Å²) in [6.45, 7) is 2.20. The Hall–Kier alpha value is -3.19. The average Bonchev–Trinajstić information content (AvgIpc) is 3.31. The summed E-state index contributed by atoms with van der Waals surface area (Å²) in [7, 11) is 0. The molecule has 0 amide bonds. The van der Waals surface area contributed by atoms with Crippen LogP contribution in [0.15, 0.2) is 36.0 Å². The van der Waals surface area contributed by atoms with Crippen molar-refractivity contribution in [2.24, 2.45) is 0 Å². The van der Waals surface area contributed by atoms with Crippen LogP contribution in [0, 0.1) is 11.3 Å². The second-order valence-corrected chi connectivity index (χ2v) is 6.62. The summed E-state index contributed by atoms with van der Waals surface area (Å²) in [5.41, 5.74) is -0.148. The number of benzene rings is 1. The predicted molar refractivity (Wildman–Crippen MR) is 94.6 cm³/mol. The molecule has 0 atom stereocenters. The second-order valence-electron chi connectivity index (χ2n) is 5.68. The van der Waals surface area contributed by atoms with Crippen LogP contribution in [0.1, 0.15) is 33.4 Å². The molecule has 0 aliphatic carbocycles. The number of nitrogens with zero attached hydrogens (tertiary/aromatic N) is 4. The number of ether oxygens (including phenoxy) is 1. The molecule has 0 saturated carbocycles. The van der Waals surface area contributed by atoms with Crippen molar-refractivity contribution in [3.63, 3.8) is 0 Å². The zero-order chi connectivity index (χ0) is 20.3. The molecule has 6 nitrogen and oxygen atoms in total. The van der Waals surface area contributed by atoms with Gasteiger partial charge < -0.3 is 4.74 Å². The lowest BCUT2D eigenvalue weighted by molar-refractivity contribution is -0.137. The number of aromatic nitrogens is 3. The summed E-state index contributed by atoms with van der Waals surface area (Å²) in [5, 5.41) is 15.3. The maximum Gasteiger partial charge on any atom is 0.416 e. The third kappa shape index (κ3) is 4.37. The molecular weight excluding hydrogens is 393 g/mol. The van der Waals surface area contributed by atoms with E-state index in [0.29, 0.717) is 16.3 Å². The third-order valence-corrected chi connectivity index (χ3v) is 4.51. The van der Waals surface area contributed by atoms with Crippen molar-refractivity contribution >= 4 is 17.3 Å². The molecule has 0 unspecified atom stereocenters. The molecule has 0 saturated heterocycles. The molecule has 3 aromatic rings. The van der Waals surface area contributed by atoms with Gasteiger partial charge in [0.2, 0.25) is 0 Å². The van der Waals surface area contributed by atoms with Crippen molar-refractivity contribution in [3.05, 3.63) is 57.7 Å². The van der Waals surface area contributed by atoms with Gasteiger partial charge in [-0.15, -0.1) is 11.3 Å². The van der Waals surface area contributed by atoms with Crippen LogP contribution >= 0.6 is 11.3 Å². The quantitative estimate of drug-likeness (QED) is 0.596. The molecule has 144 valence electrons. The number of esters is 1. The highest BCUT2D eigenvalue weighted by molar-refractivity contribution is 7.09. The van der Waals surface area contributed by atoms with Gasteiger partial charge in [0.25, 0.3) is 0 Å². The van der Waals surface area contributed by atoms with E-state index in [2.05, 4.69) is 10.1 Å². The molecule has 28 heavy (non-hydrogen) atoms. The van der Waals surface area contributed by atoms with Crippen molar-refractivity contribution in [1.29, 1.82) is 5.26 Å². The van der Waals surface area contributed by atoms with Gasteiger partial charge in [-0.2, -0.15) is 23.5 Å². The van der Waals surface area contributed by atoms with E-state index in [9.17, 15) is 18.0 Å². The maximum atomic E-state index is 13.0. The number of thiazole rings is 1. The molecule has 0 radical (unpaired) electrons. The first-order chi connectivity index (χ1) is 13.3. The van der Waals surface area contributed by atoms with E-state index < -0.39 is 17.7 Å². The fourth-order valence-electron chi connectivity index (χ4n) is 2.43. The predicted octanol–water partition coefficient (Wildman–Crippen LogP) is 4.12. The smallest absolute Gasteiger partial charge is 0.416 e. The van der Waals surface area contributed by atoms with Gasteiger partial charge in [-0.05, 0) is 25.1 Å². The molecular formula is C18H13F3N4O2S. The van der Waals surface area contributed by atoms with Crippen molar-refractivity contribution in [2.75, 3.05) is 6.61 Å². The number of carbonyl (C=O) groups excluding carboxylic acids is 1. The van der Waals surface area contributed by atoms with Gasteiger partial charge in [-0.1, -0.05) is 0 Å². The summed E-state index contributed by atoms with van der Waals surface area (Å²) in [4.78, 5) is 16.0. The van der Waals surface area contributed by atoms with Gasteiger partial charge in [0.05, 0.1) is 47.8 Å². The first-order valence-corrected chi connectivity index (χ1v) is 8.95. The zero-order valence-electron chi connectivity index (χ0n) is 14.5. The standard InChI is InChI=1S/C18H13F3N4O2S/c1-2-27-17(26)13-7-23-25(8-13)9-16-24-15(10-28-16)12-3-11(6-22)4-14(5-12)18(19,20)21/h3-5,7-8,10H,2,9H2,1H3. The van der Waals surface area contributed by atoms with Gasteiger partial charge in [-0.25, -0.2) is 9.78 Å². The van der Waals surface area contributed by atoms with Crippen LogP contribution < -0.4 is 0 Å². The Labute approximate surface area is 161 Å². The minimum Gasteiger partial charge on any atom is -0.462 e. The highest BCUT2D eigenvalue weighted by Crippen LogP contribution is 2.33. The van der Waals surface area contributed by atoms with Crippen molar-refractivity contribution < 1.29 is 22.7 Å². The number of halogens is 3. The number of carbonyl (C=O) groups is 1. The summed E-state index contributed by atoms with van der Waals surface area (Å²) in [5.74, 6) is -0.485. The highest BCUT2D eigenvalue weighted by atomic mass is 32.1. The Morgan fingerprint density at radius 1 is 1.36 bits per heavy atom. The highest BCUT2D eigenvalue weighted by Gasteiger charge is 2.31. The van der Waals surface area contributed by atoms with Crippen LogP contribution in [0.3, 0.4) is 0 Å². The SMILES string of the molecule is CCOC(=O)c1cnn(Cc2nc(-c3cc(C#N)cc(C(F)(F)F)c3)cs2)c1. The fourth-order valence-corrected chi connectivity index (χ4v) is 3.22. The Kier molecular flexibility index (Phi) is 5.46. The monoisotopic (exact) mass is 406 g/mol. The van der Waals surface area contributed by atoms with E-state index in [0.717, 1.165) is 12.1 Å². The Bertz CT molecular complexity index is 1050. The molecule has 2 aromatic heterocycles. The Morgan fingerprint density at radius 3 is 2.82 bits per heavy atom. The van der Waals surface area contributed by atoms with Crippen LogP contribution in [0.5, 0.6) is 0 Å². The average molecular weight is 406 g/mol. The Morgan fingerprint density at radius 2 is 2.14 bits per heavy atom. The molecule has 3 rings (SSSR count).